The van der Waals surface area contributed by atoms with E-state index >= 15 is 0 Å². The van der Waals surface area contributed by atoms with Crippen molar-refractivity contribution < 1.29 is 19.1 Å². The second-order valence-corrected chi connectivity index (χ2v) is 7.62. The Labute approximate surface area is 182 Å². The molecule has 2 heterocycles. The molecule has 0 unspecified atom stereocenters. The molecular formula is C22H20N4O4S. The van der Waals surface area contributed by atoms with Gasteiger partial charge in [0.25, 0.3) is 5.91 Å². The summed E-state index contributed by atoms with van der Waals surface area (Å²) < 4.78 is 10.6. The number of aromatic nitrogens is 2. The standard InChI is InChI=1S/C22H20N4O4S/c1-29-15-9-14-10-16(24-20(14)17(11-15)30-2)22(28)26-25-19(27)12-31-18-7-3-5-13-6-4-8-23-21(13)18/h3-11,24H,12H2,1-2H3,(H,25,27)(H,26,28). The van der Waals surface area contributed by atoms with Gasteiger partial charge in [-0.2, -0.15) is 0 Å². The van der Waals surface area contributed by atoms with Crippen molar-refractivity contribution in [3.05, 3.63) is 60.4 Å². The van der Waals surface area contributed by atoms with Crippen molar-refractivity contribution in [2.24, 2.45) is 0 Å². The monoisotopic (exact) mass is 436 g/mol. The molecule has 2 amide bonds. The van der Waals surface area contributed by atoms with Gasteiger partial charge in [-0.3, -0.25) is 25.4 Å². The predicted molar refractivity (Wildman–Crippen MR) is 119 cm³/mol. The van der Waals surface area contributed by atoms with Gasteiger partial charge in [0.15, 0.2) is 0 Å². The molecule has 4 rings (SSSR count). The average molecular weight is 436 g/mol. The summed E-state index contributed by atoms with van der Waals surface area (Å²) in [5, 5.41) is 1.76. The van der Waals surface area contributed by atoms with Crippen LogP contribution in [0.1, 0.15) is 10.5 Å². The molecule has 0 radical (unpaired) electrons. The van der Waals surface area contributed by atoms with Crippen LogP contribution in [-0.4, -0.2) is 41.8 Å². The summed E-state index contributed by atoms with van der Waals surface area (Å²) in [6, 6.07) is 14.8. The Morgan fingerprint density at radius 1 is 1.03 bits per heavy atom. The van der Waals surface area contributed by atoms with Gasteiger partial charge in [-0.05, 0) is 24.3 Å². The van der Waals surface area contributed by atoms with E-state index in [1.807, 2.05) is 30.3 Å². The Kier molecular flexibility index (Phi) is 5.94. The highest BCUT2D eigenvalue weighted by Gasteiger charge is 2.15. The highest BCUT2D eigenvalue weighted by atomic mass is 32.2. The van der Waals surface area contributed by atoms with Gasteiger partial charge in [-0.25, -0.2) is 0 Å². The first-order chi connectivity index (χ1) is 15.1. The largest absolute Gasteiger partial charge is 0.497 e. The van der Waals surface area contributed by atoms with Crippen LogP contribution in [0, 0.1) is 0 Å². The van der Waals surface area contributed by atoms with Crippen molar-refractivity contribution >= 4 is 45.4 Å². The molecule has 0 spiro atoms. The van der Waals surface area contributed by atoms with Crippen molar-refractivity contribution in [3.8, 4) is 11.5 Å². The lowest BCUT2D eigenvalue weighted by molar-refractivity contribution is -0.119. The van der Waals surface area contributed by atoms with Crippen LogP contribution in [0.5, 0.6) is 11.5 Å². The van der Waals surface area contributed by atoms with E-state index < -0.39 is 5.91 Å². The Balaban J connectivity index is 1.38. The number of H-pyrrole nitrogens is 1. The van der Waals surface area contributed by atoms with E-state index in [2.05, 4.69) is 20.8 Å². The normalized spacial score (nSPS) is 10.8. The number of pyridine rings is 1. The minimum Gasteiger partial charge on any atom is -0.497 e. The molecule has 0 fully saturated rings. The molecular weight excluding hydrogens is 416 g/mol. The number of rotatable bonds is 6. The zero-order valence-corrected chi connectivity index (χ0v) is 17.7. The third kappa shape index (κ3) is 4.41. The third-order valence-corrected chi connectivity index (χ3v) is 5.68. The molecule has 2 aromatic heterocycles. The Morgan fingerprint density at radius 3 is 2.68 bits per heavy atom. The number of hydrogen-bond donors (Lipinski definition) is 3. The fourth-order valence-corrected chi connectivity index (χ4v) is 3.99. The number of para-hydroxylation sites is 1. The molecule has 0 saturated heterocycles. The Hall–Kier alpha value is -3.72. The zero-order chi connectivity index (χ0) is 21.8. The Bertz CT molecular complexity index is 1270. The van der Waals surface area contributed by atoms with E-state index in [0.29, 0.717) is 17.0 Å². The number of methoxy groups -OCH3 is 2. The maximum atomic E-state index is 12.5. The number of fused-ring (bicyclic) bond motifs is 2. The molecule has 0 bridgehead atoms. The fraction of sp³-hybridized carbons (Fsp3) is 0.136. The van der Waals surface area contributed by atoms with E-state index in [1.54, 1.807) is 31.5 Å². The van der Waals surface area contributed by atoms with Crippen LogP contribution in [0.25, 0.3) is 21.8 Å². The first-order valence-electron chi connectivity index (χ1n) is 9.39. The second kappa shape index (κ2) is 8.97. The van der Waals surface area contributed by atoms with Crippen molar-refractivity contribution in [1.82, 2.24) is 20.8 Å². The lowest BCUT2D eigenvalue weighted by Gasteiger charge is -2.07. The van der Waals surface area contributed by atoms with Gasteiger partial charge in [0.05, 0.1) is 31.0 Å². The minimum atomic E-state index is -0.470. The van der Waals surface area contributed by atoms with Gasteiger partial charge in [0.2, 0.25) is 5.91 Å². The molecule has 0 atom stereocenters. The number of aromatic amines is 1. The van der Waals surface area contributed by atoms with E-state index in [-0.39, 0.29) is 17.4 Å². The number of benzene rings is 2. The van der Waals surface area contributed by atoms with Crippen LogP contribution in [-0.2, 0) is 4.79 Å². The van der Waals surface area contributed by atoms with Crippen LogP contribution >= 0.6 is 11.8 Å². The number of ether oxygens (including phenoxy) is 2. The lowest BCUT2D eigenvalue weighted by Crippen LogP contribution is -2.42. The number of carbonyl (C=O) groups is 2. The number of nitrogens with zero attached hydrogens (tertiary/aromatic N) is 1. The Morgan fingerprint density at radius 2 is 1.87 bits per heavy atom. The fourth-order valence-electron chi connectivity index (χ4n) is 3.15. The van der Waals surface area contributed by atoms with Gasteiger partial charge in [0, 0.05) is 27.9 Å². The molecule has 8 nitrogen and oxygen atoms in total. The van der Waals surface area contributed by atoms with Crippen LogP contribution in [0.2, 0.25) is 0 Å². The quantitative estimate of drug-likeness (QED) is 0.316. The van der Waals surface area contributed by atoms with E-state index in [0.717, 1.165) is 21.2 Å². The third-order valence-electron chi connectivity index (χ3n) is 4.64. The van der Waals surface area contributed by atoms with Gasteiger partial charge in [0.1, 0.15) is 17.2 Å². The molecule has 158 valence electrons. The molecule has 3 N–H and O–H groups in total. The number of amides is 2. The molecule has 0 aliphatic heterocycles. The molecule has 9 heteroatoms. The van der Waals surface area contributed by atoms with E-state index in [4.69, 9.17) is 9.47 Å². The smallest absolute Gasteiger partial charge is 0.286 e. The first-order valence-corrected chi connectivity index (χ1v) is 10.4. The summed E-state index contributed by atoms with van der Waals surface area (Å²) in [6.45, 7) is 0. The van der Waals surface area contributed by atoms with Gasteiger partial charge in [-0.1, -0.05) is 18.2 Å². The summed E-state index contributed by atoms with van der Waals surface area (Å²) in [5.41, 5.74) is 6.66. The lowest BCUT2D eigenvalue weighted by atomic mass is 10.2. The van der Waals surface area contributed by atoms with Gasteiger partial charge >= 0.3 is 0 Å². The summed E-state index contributed by atoms with van der Waals surface area (Å²) in [6.07, 6.45) is 1.72. The van der Waals surface area contributed by atoms with Crippen LogP contribution in [0.4, 0.5) is 0 Å². The first kappa shape index (κ1) is 20.5. The number of nitrogens with one attached hydrogen (secondary N) is 3. The van der Waals surface area contributed by atoms with Crippen molar-refractivity contribution in [2.75, 3.05) is 20.0 Å². The number of hydrazine groups is 1. The zero-order valence-electron chi connectivity index (χ0n) is 16.9. The highest BCUT2D eigenvalue weighted by molar-refractivity contribution is 8.00. The van der Waals surface area contributed by atoms with Crippen molar-refractivity contribution in [3.63, 3.8) is 0 Å². The summed E-state index contributed by atoms with van der Waals surface area (Å²) in [7, 11) is 3.10. The maximum absolute atomic E-state index is 12.5. The molecule has 31 heavy (non-hydrogen) atoms. The topological polar surface area (TPSA) is 105 Å². The average Bonchev–Trinajstić information content (AvgIpc) is 3.24. The number of carbonyl (C=O) groups excluding carboxylic acids is 2. The summed E-state index contributed by atoms with van der Waals surface area (Å²) >= 11 is 1.35. The number of thioether (sulfide) groups is 1. The van der Waals surface area contributed by atoms with E-state index in [1.165, 1.54) is 18.9 Å². The molecule has 0 aliphatic rings. The maximum Gasteiger partial charge on any atom is 0.286 e. The summed E-state index contributed by atoms with van der Waals surface area (Å²) in [4.78, 5) is 33.0. The van der Waals surface area contributed by atoms with Crippen molar-refractivity contribution in [2.45, 2.75) is 4.90 Å². The van der Waals surface area contributed by atoms with Crippen molar-refractivity contribution in [1.29, 1.82) is 0 Å². The SMILES string of the molecule is COc1cc(OC)c2[nH]c(C(=O)NNC(=O)CSc3cccc4cccnc34)cc2c1. The van der Waals surface area contributed by atoms with Crippen LogP contribution < -0.4 is 20.3 Å². The van der Waals surface area contributed by atoms with Gasteiger partial charge < -0.3 is 14.5 Å². The van der Waals surface area contributed by atoms with Crippen LogP contribution in [0.15, 0.2) is 59.6 Å². The summed E-state index contributed by atoms with van der Waals surface area (Å²) in [5.74, 6) is 0.498. The van der Waals surface area contributed by atoms with Gasteiger partial charge in [-0.15, -0.1) is 11.8 Å². The second-order valence-electron chi connectivity index (χ2n) is 6.60. The van der Waals surface area contributed by atoms with E-state index in [9.17, 15) is 9.59 Å². The minimum absolute atomic E-state index is 0.133. The highest BCUT2D eigenvalue weighted by Crippen LogP contribution is 2.31. The molecule has 2 aromatic carbocycles. The molecule has 0 saturated carbocycles. The van der Waals surface area contributed by atoms with Crippen LogP contribution in [0.3, 0.4) is 0 Å². The number of hydrogen-bond acceptors (Lipinski definition) is 6. The molecule has 0 aliphatic carbocycles. The molecule has 4 aromatic rings. The predicted octanol–water partition coefficient (Wildman–Crippen LogP) is 3.29.